The standard InChI is InChI=1S/C14H29NO4S/c1-2-3-4-5-8-19-12-13(16)10-15-11-14-7-6-9-20(14,17)18/h13-16H,2-12H2,1H3. The van der Waals surface area contributed by atoms with Crippen LogP contribution < -0.4 is 5.32 Å². The van der Waals surface area contributed by atoms with Crippen molar-refractivity contribution < 1.29 is 18.3 Å². The van der Waals surface area contributed by atoms with E-state index in [1.54, 1.807) is 0 Å². The van der Waals surface area contributed by atoms with E-state index in [1.165, 1.54) is 19.3 Å². The van der Waals surface area contributed by atoms with Crippen molar-refractivity contribution in [3.63, 3.8) is 0 Å². The Morgan fingerprint density at radius 3 is 2.80 bits per heavy atom. The van der Waals surface area contributed by atoms with Crippen LogP contribution in [0.2, 0.25) is 0 Å². The summed E-state index contributed by atoms with van der Waals surface area (Å²) < 4.78 is 28.6. The third kappa shape index (κ3) is 7.02. The van der Waals surface area contributed by atoms with E-state index in [0.29, 0.717) is 32.1 Å². The van der Waals surface area contributed by atoms with Crippen LogP contribution in [0.25, 0.3) is 0 Å². The second-order valence-corrected chi connectivity index (χ2v) is 7.98. The molecule has 20 heavy (non-hydrogen) atoms. The minimum Gasteiger partial charge on any atom is -0.389 e. The van der Waals surface area contributed by atoms with Gasteiger partial charge >= 0.3 is 0 Å². The quantitative estimate of drug-likeness (QED) is 0.559. The molecule has 1 fully saturated rings. The van der Waals surface area contributed by atoms with Crippen LogP contribution in [-0.2, 0) is 14.6 Å². The largest absolute Gasteiger partial charge is 0.389 e. The van der Waals surface area contributed by atoms with Crippen molar-refractivity contribution in [2.75, 3.05) is 32.1 Å². The highest BCUT2D eigenvalue weighted by Crippen LogP contribution is 2.18. The van der Waals surface area contributed by atoms with E-state index < -0.39 is 15.9 Å². The van der Waals surface area contributed by atoms with Crippen LogP contribution in [0.15, 0.2) is 0 Å². The molecule has 0 saturated carbocycles. The molecule has 5 nitrogen and oxygen atoms in total. The lowest BCUT2D eigenvalue weighted by atomic mass is 10.2. The molecule has 120 valence electrons. The third-order valence-electron chi connectivity index (χ3n) is 3.67. The molecular weight excluding hydrogens is 278 g/mol. The van der Waals surface area contributed by atoms with Crippen molar-refractivity contribution in [3.8, 4) is 0 Å². The monoisotopic (exact) mass is 307 g/mol. The first-order valence-electron chi connectivity index (χ1n) is 7.74. The summed E-state index contributed by atoms with van der Waals surface area (Å²) in [5, 5.41) is 12.5. The molecule has 0 aromatic carbocycles. The van der Waals surface area contributed by atoms with E-state index in [2.05, 4.69) is 12.2 Å². The van der Waals surface area contributed by atoms with Gasteiger partial charge in [0.1, 0.15) is 0 Å². The molecule has 0 amide bonds. The first kappa shape index (κ1) is 17.9. The number of sulfone groups is 1. The summed E-state index contributed by atoms with van der Waals surface area (Å²) in [6, 6.07) is 0. The van der Waals surface area contributed by atoms with E-state index in [0.717, 1.165) is 19.3 Å². The van der Waals surface area contributed by atoms with Crippen molar-refractivity contribution in [1.82, 2.24) is 5.32 Å². The Kier molecular flexibility index (Phi) is 8.68. The van der Waals surface area contributed by atoms with Gasteiger partial charge < -0.3 is 15.2 Å². The summed E-state index contributed by atoms with van der Waals surface area (Å²) in [6.07, 6.45) is 5.57. The Morgan fingerprint density at radius 2 is 2.15 bits per heavy atom. The molecule has 2 atom stereocenters. The molecule has 1 aliphatic heterocycles. The summed E-state index contributed by atoms with van der Waals surface area (Å²) >= 11 is 0. The van der Waals surface area contributed by atoms with Gasteiger partial charge in [-0.2, -0.15) is 0 Å². The van der Waals surface area contributed by atoms with E-state index in [-0.39, 0.29) is 5.25 Å². The zero-order valence-corrected chi connectivity index (χ0v) is 13.3. The maximum Gasteiger partial charge on any atom is 0.154 e. The minimum atomic E-state index is -2.89. The molecule has 1 heterocycles. The molecule has 2 unspecified atom stereocenters. The maximum absolute atomic E-state index is 11.6. The molecule has 1 aliphatic rings. The number of rotatable bonds is 11. The van der Waals surface area contributed by atoms with Gasteiger partial charge in [-0.1, -0.05) is 26.2 Å². The van der Waals surface area contributed by atoms with Crippen LogP contribution >= 0.6 is 0 Å². The molecule has 0 radical (unpaired) electrons. The molecule has 0 aromatic heterocycles. The van der Waals surface area contributed by atoms with Gasteiger partial charge in [-0.05, 0) is 19.3 Å². The molecule has 2 N–H and O–H groups in total. The maximum atomic E-state index is 11.6. The van der Waals surface area contributed by atoms with Crippen molar-refractivity contribution in [1.29, 1.82) is 0 Å². The van der Waals surface area contributed by atoms with Gasteiger partial charge in [-0.3, -0.25) is 0 Å². The summed E-state index contributed by atoms with van der Waals surface area (Å²) in [6.45, 7) is 4.00. The highest BCUT2D eigenvalue weighted by Gasteiger charge is 2.30. The fraction of sp³-hybridized carbons (Fsp3) is 1.00. The molecule has 0 spiro atoms. The van der Waals surface area contributed by atoms with Gasteiger partial charge in [0.15, 0.2) is 9.84 Å². The van der Waals surface area contributed by atoms with Crippen molar-refractivity contribution >= 4 is 9.84 Å². The van der Waals surface area contributed by atoms with Gasteiger partial charge in [0.05, 0.1) is 23.7 Å². The molecular formula is C14H29NO4S. The zero-order chi connectivity index (χ0) is 14.8. The van der Waals surface area contributed by atoms with Gasteiger partial charge in [0.2, 0.25) is 0 Å². The normalized spacial score (nSPS) is 23.0. The number of hydrogen-bond donors (Lipinski definition) is 2. The van der Waals surface area contributed by atoms with Crippen LogP contribution in [0.3, 0.4) is 0 Å². The molecule has 1 saturated heterocycles. The molecule has 0 bridgehead atoms. The second kappa shape index (κ2) is 9.71. The summed E-state index contributed by atoms with van der Waals surface area (Å²) in [5.74, 6) is 0.308. The SMILES string of the molecule is CCCCCCOCC(O)CNCC1CCCS1(=O)=O. The molecule has 1 rings (SSSR count). The van der Waals surface area contributed by atoms with Gasteiger partial charge in [-0.25, -0.2) is 8.42 Å². The third-order valence-corrected chi connectivity index (χ3v) is 5.94. The first-order valence-corrected chi connectivity index (χ1v) is 9.46. The predicted molar refractivity (Wildman–Crippen MR) is 80.6 cm³/mol. The van der Waals surface area contributed by atoms with Crippen LogP contribution in [0.5, 0.6) is 0 Å². The number of nitrogens with one attached hydrogen (secondary N) is 1. The Labute approximate surface area is 123 Å². The lowest BCUT2D eigenvalue weighted by Gasteiger charge is -2.14. The van der Waals surface area contributed by atoms with E-state index in [4.69, 9.17) is 4.74 Å². The fourth-order valence-corrected chi connectivity index (χ4v) is 4.21. The summed E-state index contributed by atoms with van der Waals surface area (Å²) in [4.78, 5) is 0. The highest BCUT2D eigenvalue weighted by atomic mass is 32.2. The Balaban J connectivity index is 1.99. The summed E-state index contributed by atoms with van der Waals surface area (Å²) in [7, 11) is -2.89. The second-order valence-electron chi connectivity index (χ2n) is 5.58. The van der Waals surface area contributed by atoms with Gasteiger partial charge in [0, 0.05) is 19.7 Å². The minimum absolute atomic E-state index is 0.273. The molecule has 0 aliphatic carbocycles. The number of ether oxygens (including phenoxy) is 1. The average Bonchev–Trinajstić information content (AvgIpc) is 2.73. The number of hydrogen-bond acceptors (Lipinski definition) is 5. The fourth-order valence-electron chi connectivity index (χ4n) is 2.41. The highest BCUT2D eigenvalue weighted by molar-refractivity contribution is 7.92. The van der Waals surface area contributed by atoms with Gasteiger partial charge in [0.25, 0.3) is 0 Å². The van der Waals surface area contributed by atoms with E-state index in [9.17, 15) is 13.5 Å². The molecule has 6 heteroatoms. The topological polar surface area (TPSA) is 75.6 Å². The van der Waals surface area contributed by atoms with Crippen LogP contribution in [0, 0.1) is 0 Å². The number of aliphatic hydroxyl groups excluding tert-OH is 1. The van der Waals surface area contributed by atoms with E-state index in [1.807, 2.05) is 0 Å². The van der Waals surface area contributed by atoms with Crippen LogP contribution in [0.4, 0.5) is 0 Å². The average molecular weight is 307 g/mol. The first-order chi connectivity index (χ1) is 9.56. The lowest BCUT2D eigenvalue weighted by molar-refractivity contribution is 0.0356. The molecule has 0 aromatic rings. The number of aliphatic hydroxyl groups is 1. The van der Waals surface area contributed by atoms with Crippen LogP contribution in [-0.4, -0.2) is 56.9 Å². The van der Waals surface area contributed by atoms with Crippen LogP contribution in [0.1, 0.15) is 45.4 Å². The van der Waals surface area contributed by atoms with Crippen molar-refractivity contribution in [2.24, 2.45) is 0 Å². The van der Waals surface area contributed by atoms with Gasteiger partial charge in [-0.15, -0.1) is 0 Å². The van der Waals surface area contributed by atoms with Crippen molar-refractivity contribution in [2.45, 2.75) is 56.8 Å². The summed E-state index contributed by atoms with van der Waals surface area (Å²) in [5.41, 5.74) is 0. The Morgan fingerprint density at radius 1 is 1.35 bits per heavy atom. The predicted octanol–water partition coefficient (Wildman–Crippen LogP) is 1.11. The number of unbranched alkanes of at least 4 members (excludes halogenated alkanes) is 3. The smallest absolute Gasteiger partial charge is 0.154 e. The van der Waals surface area contributed by atoms with E-state index >= 15 is 0 Å². The van der Waals surface area contributed by atoms with Crippen molar-refractivity contribution in [3.05, 3.63) is 0 Å². The lowest BCUT2D eigenvalue weighted by Crippen LogP contribution is -2.37. The Hall–Kier alpha value is -0.170. The Bertz CT molecular complexity index is 345. The zero-order valence-electron chi connectivity index (χ0n) is 12.5.